The molecule has 3 atom stereocenters. The zero-order valence-corrected chi connectivity index (χ0v) is 18.8. The number of carboxylic acids is 1. The molecule has 0 aromatic heterocycles. The molecule has 1 aromatic carbocycles. The number of carbonyl (C=O) groups excluding carboxylic acids is 3. The van der Waals surface area contributed by atoms with Crippen LogP contribution in [0.25, 0.3) is 0 Å². The number of benzene rings is 1. The second kappa shape index (κ2) is 14.6. The number of nitrogens with two attached hydrogens (primary N) is 2. The molecule has 0 saturated heterocycles. The van der Waals surface area contributed by atoms with E-state index in [2.05, 4.69) is 16.6 Å². The molecule has 180 valence electrons. The van der Waals surface area contributed by atoms with E-state index in [4.69, 9.17) is 17.9 Å². The number of hydrogen-bond donors (Lipinski definition) is 5. The van der Waals surface area contributed by atoms with E-state index in [1.807, 2.05) is 6.07 Å². The van der Waals surface area contributed by atoms with E-state index in [9.17, 15) is 24.3 Å². The van der Waals surface area contributed by atoms with Crippen molar-refractivity contribution in [1.29, 1.82) is 0 Å². The maximum atomic E-state index is 13.1. The van der Waals surface area contributed by atoms with Crippen LogP contribution in [0.1, 0.15) is 31.2 Å². The maximum absolute atomic E-state index is 13.1. The molecule has 33 heavy (non-hydrogen) atoms. The Kier molecular flexibility index (Phi) is 12.2. The molecule has 0 saturated carbocycles. The number of unbranched alkanes of at least 4 members (excludes halogenated alkanes) is 1. The minimum Gasteiger partial charge on any atom is -0.480 e. The summed E-state index contributed by atoms with van der Waals surface area (Å²) in [6.07, 6.45) is 6.71. The van der Waals surface area contributed by atoms with Crippen molar-refractivity contribution < 1.29 is 24.3 Å². The molecule has 0 aliphatic carbocycles. The zero-order valence-electron chi connectivity index (χ0n) is 18.8. The number of hydrogen-bond acceptors (Lipinski definition) is 6. The van der Waals surface area contributed by atoms with Crippen molar-refractivity contribution in [3.8, 4) is 12.3 Å². The van der Waals surface area contributed by atoms with Crippen molar-refractivity contribution in [3.05, 3.63) is 35.9 Å². The number of terminal acetylenes is 1. The Hall–Kier alpha value is -3.42. The summed E-state index contributed by atoms with van der Waals surface area (Å²) in [5, 5.41) is 14.4. The van der Waals surface area contributed by atoms with Crippen LogP contribution in [0.3, 0.4) is 0 Å². The molecule has 10 nitrogen and oxygen atoms in total. The van der Waals surface area contributed by atoms with Crippen LogP contribution in [0.15, 0.2) is 30.3 Å². The Morgan fingerprint density at radius 1 is 1.15 bits per heavy atom. The molecular weight excluding hydrogens is 426 g/mol. The lowest BCUT2D eigenvalue weighted by Crippen LogP contribution is -2.55. The van der Waals surface area contributed by atoms with Crippen LogP contribution in [-0.2, 0) is 25.6 Å². The molecule has 0 aliphatic rings. The summed E-state index contributed by atoms with van der Waals surface area (Å²) in [6.45, 7) is 0.0376. The van der Waals surface area contributed by atoms with E-state index in [0.717, 1.165) is 5.56 Å². The molecule has 0 bridgehead atoms. The van der Waals surface area contributed by atoms with Crippen molar-refractivity contribution in [1.82, 2.24) is 15.5 Å². The number of rotatable bonds is 14. The first-order chi connectivity index (χ1) is 15.7. The van der Waals surface area contributed by atoms with Crippen LogP contribution in [0, 0.1) is 12.3 Å². The highest BCUT2D eigenvalue weighted by Gasteiger charge is 2.30. The number of carbonyl (C=O) groups is 4. The first kappa shape index (κ1) is 27.6. The molecule has 0 radical (unpaired) electrons. The van der Waals surface area contributed by atoms with Gasteiger partial charge in [-0.1, -0.05) is 30.3 Å². The van der Waals surface area contributed by atoms with Gasteiger partial charge in [-0.15, -0.1) is 12.3 Å². The van der Waals surface area contributed by atoms with Gasteiger partial charge in [0.25, 0.3) is 0 Å². The third kappa shape index (κ3) is 9.72. The van der Waals surface area contributed by atoms with Gasteiger partial charge in [-0.05, 0) is 31.4 Å². The lowest BCUT2D eigenvalue weighted by molar-refractivity contribution is -0.144. The number of carboxylic acid groups (broad SMARTS) is 1. The Balaban J connectivity index is 2.94. The van der Waals surface area contributed by atoms with Crippen LogP contribution >= 0.6 is 0 Å². The van der Waals surface area contributed by atoms with Gasteiger partial charge < -0.3 is 32.1 Å². The fraction of sp³-hybridized carbons (Fsp3) is 0.478. The Bertz CT molecular complexity index is 839. The van der Waals surface area contributed by atoms with Gasteiger partial charge in [-0.25, -0.2) is 4.79 Å². The van der Waals surface area contributed by atoms with E-state index in [1.165, 1.54) is 11.9 Å². The van der Waals surface area contributed by atoms with Crippen LogP contribution < -0.4 is 22.1 Å². The highest BCUT2D eigenvalue weighted by Crippen LogP contribution is 2.10. The van der Waals surface area contributed by atoms with Gasteiger partial charge in [0.15, 0.2) is 0 Å². The van der Waals surface area contributed by atoms with Crippen molar-refractivity contribution >= 4 is 23.7 Å². The summed E-state index contributed by atoms with van der Waals surface area (Å²) in [6, 6.07) is 5.98. The standard InChI is InChI=1S/C23H33N5O5/c1-3-9-17(25)21(30)26-15-20(29)28(2)19(14-16-10-5-4-6-11-16)22(31)27-18(23(32)33)12-7-8-13-24/h1,4-6,10-11,17-19H,7-9,12-15,24-25H2,2H3,(H,26,30)(H,27,31)(H,32,33)/t17-,18+,19+/m1/s1. The maximum Gasteiger partial charge on any atom is 0.326 e. The highest BCUT2D eigenvalue weighted by atomic mass is 16.4. The summed E-state index contributed by atoms with van der Waals surface area (Å²) in [5.41, 5.74) is 11.9. The number of aliphatic carboxylic acids is 1. The quantitative estimate of drug-likeness (QED) is 0.180. The molecule has 0 heterocycles. The van der Waals surface area contributed by atoms with Gasteiger partial charge in [0.05, 0.1) is 12.6 Å². The van der Waals surface area contributed by atoms with Gasteiger partial charge >= 0.3 is 5.97 Å². The van der Waals surface area contributed by atoms with E-state index in [1.54, 1.807) is 24.3 Å². The average Bonchev–Trinajstić information content (AvgIpc) is 2.80. The Labute approximate surface area is 194 Å². The first-order valence-electron chi connectivity index (χ1n) is 10.7. The van der Waals surface area contributed by atoms with Crippen LogP contribution in [0.5, 0.6) is 0 Å². The lowest BCUT2D eigenvalue weighted by atomic mass is 10.0. The van der Waals surface area contributed by atoms with E-state index >= 15 is 0 Å². The molecule has 0 aliphatic heterocycles. The number of amides is 3. The summed E-state index contributed by atoms with van der Waals surface area (Å²) in [5.74, 6) is -0.613. The zero-order chi connectivity index (χ0) is 24.8. The van der Waals surface area contributed by atoms with Crippen molar-refractivity contribution in [3.63, 3.8) is 0 Å². The second-order valence-electron chi connectivity index (χ2n) is 7.63. The van der Waals surface area contributed by atoms with Gasteiger partial charge in [-0.3, -0.25) is 14.4 Å². The highest BCUT2D eigenvalue weighted by molar-refractivity contribution is 5.92. The van der Waals surface area contributed by atoms with Crippen LogP contribution in [0.4, 0.5) is 0 Å². The fourth-order valence-electron chi connectivity index (χ4n) is 3.07. The molecule has 3 amide bonds. The summed E-state index contributed by atoms with van der Waals surface area (Å²) in [4.78, 5) is 50.5. The molecule has 10 heteroatoms. The van der Waals surface area contributed by atoms with Gasteiger partial charge in [0, 0.05) is 19.9 Å². The lowest BCUT2D eigenvalue weighted by Gasteiger charge is -2.29. The second-order valence-corrected chi connectivity index (χ2v) is 7.63. The van der Waals surface area contributed by atoms with Crippen molar-refractivity contribution in [2.24, 2.45) is 11.5 Å². The molecular formula is C23H33N5O5. The third-order valence-electron chi connectivity index (χ3n) is 5.09. The van der Waals surface area contributed by atoms with E-state index in [0.29, 0.717) is 19.4 Å². The normalized spacial score (nSPS) is 13.2. The average molecular weight is 460 g/mol. The molecule has 1 aromatic rings. The third-order valence-corrected chi connectivity index (χ3v) is 5.09. The topological polar surface area (TPSA) is 168 Å². The molecule has 0 spiro atoms. The molecule has 1 rings (SSSR count). The van der Waals surface area contributed by atoms with Gasteiger partial charge in [0.1, 0.15) is 12.1 Å². The molecule has 0 unspecified atom stereocenters. The van der Waals surface area contributed by atoms with Crippen molar-refractivity contribution in [2.75, 3.05) is 20.1 Å². The van der Waals surface area contributed by atoms with Crippen LogP contribution in [0.2, 0.25) is 0 Å². The van der Waals surface area contributed by atoms with Crippen LogP contribution in [-0.4, -0.2) is 72.0 Å². The number of likely N-dealkylation sites (N-methyl/N-ethyl adjacent to an activating group) is 1. The van der Waals surface area contributed by atoms with Gasteiger partial charge in [-0.2, -0.15) is 0 Å². The monoisotopic (exact) mass is 459 g/mol. The SMILES string of the molecule is C#CC[C@@H](N)C(=O)NCC(=O)N(C)[C@@H](Cc1ccccc1)C(=O)N[C@@H](CCCCN)C(=O)O. The smallest absolute Gasteiger partial charge is 0.326 e. The Morgan fingerprint density at radius 2 is 1.82 bits per heavy atom. The summed E-state index contributed by atoms with van der Waals surface area (Å²) in [7, 11) is 1.42. The summed E-state index contributed by atoms with van der Waals surface area (Å²) >= 11 is 0. The van der Waals surface area contributed by atoms with Gasteiger partial charge in [0.2, 0.25) is 17.7 Å². The largest absolute Gasteiger partial charge is 0.480 e. The fourth-order valence-corrected chi connectivity index (χ4v) is 3.07. The first-order valence-corrected chi connectivity index (χ1v) is 10.7. The van der Waals surface area contributed by atoms with Crippen molar-refractivity contribution in [2.45, 2.75) is 50.2 Å². The minimum atomic E-state index is -1.16. The predicted octanol–water partition coefficient (Wildman–Crippen LogP) is -0.779. The predicted molar refractivity (Wildman–Crippen MR) is 124 cm³/mol. The molecule has 0 fully saturated rings. The number of nitrogens with one attached hydrogen (secondary N) is 2. The number of nitrogens with zero attached hydrogens (tertiary/aromatic N) is 1. The molecule has 7 N–H and O–H groups in total. The van der Waals surface area contributed by atoms with E-state index in [-0.39, 0.29) is 25.8 Å². The summed E-state index contributed by atoms with van der Waals surface area (Å²) < 4.78 is 0. The minimum absolute atomic E-state index is 0.0234. The van der Waals surface area contributed by atoms with E-state index < -0.39 is 41.8 Å². The Morgan fingerprint density at radius 3 is 2.39 bits per heavy atom.